The molecule has 0 fully saturated rings. The van der Waals surface area contributed by atoms with E-state index in [1.54, 1.807) is 6.07 Å². The quantitative estimate of drug-likeness (QED) is 0.818. The van der Waals surface area contributed by atoms with E-state index in [0.29, 0.717) is 17.2 Å². The first-order chi connectivity index (χ1) is 7.77. The van der Waals surface area contributed by atoms with Crippen molar-refractivity contribution in [2.45, 2.75) is 39.2 Å². The van der Waals surface area contributed by atoms with Crippen LogP contribution in [0.5, 0.6) is 5.75 Å². The van der Waals surface area contributed by atoms with Gasteiger partial charge in [0.25, 0.3) is 0 Å². The number of Topliss-reactive ketones (excluding diaryl/α,β-unsaturated/α-hetero) is 1. The summed E-state index contributed by atoms with van der Waals surface area (Å²) in [6.07, 6.45) is 0. The van der Waals surface area contributed by atoms with Crippen LogP contribution in [0, 0.1) is 0 Å². The van der Waals surface area contributed by atoms with E-state index in [-0.39, 0.29) is 5.78 Å². The van der Waals surface area contributed by atoms with Crippen LogP contribution in [0.25, 0.3) is 0 Å². The maximum atomic E-state index is 12.0. The van der Waals surface area contributed by atoms with Crippen LogP contribution in [0.15, 0.2) is 18.2 Å². The first-order valence-electron chi connectivity index (χ1n) is 5.72. The lowest BCUT2D eigenvalue weighted by Crippen LogP contribution is -2.31. The lowest BCUT2D eigenvalue weighted by Gasteiger charge is -2.18. The molecule has 0 aromatic heterocycles. The van der Waals surface area contributed by atoms with Gasteiger partial charge in [0.2, 0.25) is 0 Å². The number of hydrogen-bond acceptors (Lipinski definition) is 3. The summed E-state index contributed by atoms with van der Waals surface area (Å²) < 4.78 is 5.22. The number of hydrogen-bond donors (Lipinski definition) is 1. The van der Waals surface area contributed by atoms with Gasteiger partial charge in [-0.2, -0.15) is 0 Å². The zero-order valence-electron chi connectivity index (χ0n) is 11.1. The topological polar surface area (TPSA) is 46.5 Å². The third-order valence-electron chi connectivity index (χ3n) is 2.69. The van der Waals surface area contributed by atoms with Gasteiger partial charge >= 0.3 is 0 Å². The lowest BCUT2D eigenvalue weighted by molar-refractivity contribution is 0.0485. The zero-order valence-corrected chi connectivity index (χ0v) is 11.1. The van der Waals surface area contributed by atoms with E-state index in [9.17, 15) is 9.90 Å². The molecule has 94 valence electrons. The third-order valence-corrected chi connectivity index (χ3v) is 2.69. The van der Waals surface area contributed by atoms with Gasteiger partial charge in [0.1, 0.15) is 11.4 Å². The second-order valence-corrected chi connectivity index (χ2v) is 5.00. The first-order valence-corrected chi connectivity index (χ1v) is 5.72. The maximum Gasteiger partial charge on any atom is 0.197 e. The molecule has 0 saturated heterocycles. The molecule has 1 rings (SSSR count). The Hall–Kier alpha value is -1.35. The molecule has 0 atom stereocenters. The van der Waals surface area contributed by atoms with Crippen LogP contribution in [-0.4, -0.2) is 23.6 Å². The molecular formula is C14H20O3. The van der Waals surface area contributed by atoms with E-state index in [0.717, 1.165) is 5.56 Å². The van der Waals surface area contributed by atoms with E-state index in [2.05, 4.69) is 13.8 Å². The third kappa shape index (κ3) is 3.07. The molecule has 0 bridgehead atoms. The van der Waals surface area contributed by atoms with Crippen molar-refractivity contribution in [2.75, 3.05) is 7.11 Å². The molecule has 0 aliphatic rings. The van der Waals surface area contributed by atoms with Gasteiger partial charge in [-0.1, -0.05) is 19.9 Å². The Morgan fingerprint density at radius 1 is 1.35 bits per heavy atom. The van der Waals surface area contributed by atoms with Gasteiger partial charge in [-0.05, 0) is 37.5 Å². The second-order valence-electron chi connectivity index (χ2n) is 5.00. The van der Waals surface area contributed by atoms with Crippen LogP contribution in [0.3, 0.4) is 0 Å². The molecule has 0 amide bonds. The molecular weight excluding hydrogens is 216 g/mol. The van der Waals surface area contributed by atoms with E-state index in [4.69, 9.17) is 4.74 Å². The first kappa shape index (κ1) is 13.7. The van der Waals surface area contributed by atoms with Crippen LogP contribution in [0.2, 0.25) is 0 Å². The summed E-state index contributed by atoms with van der Waals surface area (Å²) >= 11 is 0. The summed E-state index contributed by atoms with van der Waals surface area (Å²) in [7, 11) is 1.53. The van der Waals surface area contributed by atoms with Crippen molar-refractivity contribution < 1.29 is 14.6 Å². The fourth-order valence-electron chi connectivity index (χ4n) is 1.58. The van der Waals surface area contributed by atoms with Crippen molar-refractivity contribution in [3.05, 3.63) is 29.3 Å². The molecule has 17 heavy (non-hydrogen) atoms. The van der Waals surface area contributed by atoms with Crippen molar-refractivity contribution in [2.24, 2.45) is 0 Å². The molecule has 0 aliphatic heterocycles. The van der Waals surface area contributed by atoms with Gasteiger partial charge in [-0.15, -0.1) is 0 Å². The molecule has 1 aromatic rings. The number of carbonyl (C=O) groups excluding carboxylic acids is 1. The summed E-state index contributed by atoms with van der Waals surface area (Å²) in [5.74, 6) is 0.558. The number of methoxy groups -OCH3 is 1. The van der Waals surface area contributed by atoms with E-state index >= 15 is 0 Å². The molecule has 0 spiro atoms. The summed E-state index contributed by atoms with van der Waals surface area (Å²) in [4.78, 5) is 12.0. The van der Waals surface area contributed by atoms with Crippen LogP contribution < -0.4 is 4.74 Å². The smallest absolute Gasteiger partial charge is 0.197 e. The van der Waals surface area contributed by atoms with Crippen LogP contribution >= 0.6 is 0 Å². The number of aliphatic hydroxyl groups is 1. The number of carbonyl (C=O) groups is 1. The predicted octanol–water partition coefficient (Wildman–Crippen LogP) is 2.77. The normalized spacial score (nSPS) is 11.7. The highest BCUT2D eigenvalue weighted by molar-refractivity contribution is 6.04. The monoisotopic (exact) mass is 236 g/mol. The van der Waals surface area contributed by atoms with Crippen LogP contribution in [-0.2, 0) is 0 Å². The Balaban J connectivity index is 3.22. The van der Waals surface area contributed by atoms with Crippen molar-refractivity contribution in [1.82, 2.24) is 0 Å². The zero-order chi connectivity index (χ0) is 13.2. The van der Waals surface area contributed by atoms with Crippen molar-refractivity contribution in [1.29, 1.82) is 0 Å². The van der Waals surface area contributed by atoms with E-state index in [1.165, 1.54) is 21.0 Å². The largest absolute Gasteiger partial charge is 0.496 e. The second kappa shape index (κ2) is 4.88. The minimum atomic E-state index is -1.38. The molecule has 0 saturated carbocycles. The molecule has 0 heterocycles. The van der Waals surface area contributed by atoms with Gasteiger partial charge in [0.05, 0.1) is 12.7 Å². The van der Waals surface area contributed by atoms with Crippen molar-refractivity contribution in [3.63, 3.8) is 0 Å². The summed E-state index contributed by atoms with van der Waals surface area (Å²) in [5, 5.41) is 9.73. The highest BCUT2D eigenvalue weighted by atomic mass is 16.5. The number of rotatable bonds is 4. The molecule has 1 N–H and O–H groups in total. The molecule has 0 radical (unpaired) electrons. The van der Waals surface area contributed by atoms with Gasteiger partial charge in [-0.3, -0.25) is 4.79 Å². The molecule has 0 unspecified atom stereocenters. The standard InChI is InChI=1S/C14H20O3/c1-9(2)10-6-7-11(12(8-10)17-5)13(15)14(3,4)16/h6-9,16H,1-5H3. The molecule has 3 heteroatoms. The van der Waals surface area contributed by atoms with E-state index < -0.39 is 5.60 Å². The van der Waals surface area contributed by atoms with Gasteiger partial charge < -0.3 is 9.84 Å². The summed E-state index contributed by atoms with van der Waals surface area (Å²) in [6.45, 7) is 7.11. The summed E-state index contributed by atoms with van der Waals surface area (Å²) in [5.41, 5.74) is 0.144. The average Bonchev–Trinajstić information content (AvgIpc) is 2.25. The Labute approximate surface area is 102 Å². The predicted molar refractivity (Wildman–Crippen MR) is 67.7 cm³/mol. The Morgan fingerprint density at radius 2 is 1.94 bits per heavy atom. The van der Waals surface area contributed by atoms with Crippen LogP contribution in [0.4, 0.5) is 0 Å². The van der Waals surface area contributed by atoms with Gasteiger partial charge in [0.15, 0.2) is 5.78 Å². The Morgan fingerprint density at radius 3 is 2.35 bits per heavy atom. The highest BCUT2D eigenvalue weighted by Crippen LogP contribution is 2.27. The summed E-state index contributed by atoms with van der Waals surface area (Å²) in [6, 6.07) is 5.46. The minimum absolute atomic E-state index is 0.329. The van der Waals surface area contributed by atoms with E-state index in [1.807, 2.05) is 12.1 Å². The SMILES string of the molecule is COc1cc(C(C)C)ccc1C(=O)C(C)(C)O. The van der Waals surface area contributed by atoms with Gasteiger partial charge in [-0.25, -0.2) is 0 Å². The van der Waals surface area contributed by atoms with Crippen molar-refractivity contribution >= 4 is 5.78 Å². The Kier molecular flexibility index (Phi) is 3.94. The Bertz CT molecular complexity index is 414. The van der Waals surface area contributed by atoms with Gasteiger partial charge in [0, 0.05) is 0 Å². The average molecular weight is 236 g/mol. The highest BCUT2D eigenvalue weighted by Gasteiger charge is 2.27. The molecule has 0 aliphatic carbocycles. The minimum Gasteiger partial charge on any atom is -0.496 e. The number of ketones is 1. The fraction of sp³-hybridized carbons (Fsp3) is 0.500. The number of ether oxygens (including phenoxy) is 1. The maximum absolute atomic E-state index is 12.0. The number of benzene rings is 1. The fourth-order valence-corrected chi connectivity index (χ4v) is 1.58. The molecule has 3 nitrogen and oxygen atoms in total. The van der Waals surface area contributed by atoms with Crippen LogP contribution in [0.1, 0.15) is 49.5 Å². The van der Waals surface area contributed by atoms with Crippen molar-refractivity contribution in [3.8, 4) is 5.75 Å². The molecule has 1 aromatic carbocycles. The lowest BCUT2D eigenvalue weighted by atomic mass is 9.93.